The standard InChI is InChI=1S/C24H21N3O3/c28-21-11-9-17(10-12-21)22-16-27(24(30)26-19-6-2-1-3-7-19)15-18(23(22)29)14-20-8-4-5-13-25-20/h1-14,22,28H,15-16H2,(H,26,30). The van der Waals surface area contributed by atoms with Gasteiger partial charge in [0.15, 0.2) is 5.78 Å². The summed E-state index contributed by atoms with van der Waals surface area (Å²) in [5.41, 5.74) is 2.62. The van der Waals surface area contributed by atoms with E-state index in [0.29, 0.717) is 17.0 Å². The molecular weight excluding hydrogens is 378 g/mol. The number of ketones is 1. The Morgan fingerprint density at radius 2 is 1.77 bits per heavy atom. The van der Waals surface area contributed by atoms with Gasteiger partial charge in [-0.2, -0.15) is 0 Å². The number of aromatic nitrogens is 1. The number of nitrogens with one attached hydrogen (secondary N) is 1. The van der Waals surface area contributed by atoms with E-state index in [0.717, 1.165) is 5.56 Å². The molecule has 1 unspecified atom stereocenters. The second-order valence-corrected chi connectivity index (χ2v) is 7.11. The topological polar surface area (TPSA) is 82.5 Å². The zero-order valence-electron chi connectivity index (χ0n) is 16.2. The molecule has 2 amide bonds. The van der Waals surface area contributed by atoms with Crippen LogP contribution in [0.2, 0.25) is 0 Å². The highest BCUT2D eigenvalue weighted by Gasteiger charge is 2.34. The largest absolute Gasteiger partial charge is 0.508 e. The van der Waals surface area contributed by atoms with Crippen LogP contribution in [0.25, 0.3) is 6.08 Å². The van der Waals surface area contributed by atoms with Crippen LogP contribution in [0.15, 0.2) is 84.6 Å². The van der Waals surface area contributed by atoms with Crippen LogP contribution < -0.4 is 5.32 Å². The number of Topliss-reactive ketones (excluding diaryl/α,β-unsaturated/α-hetero) is 1. The smallest absolute Gasteiger partial charge is 0.322 e. The summed E-state index contributed by atoms with van der Waals surface area (Å²) in [7, 11) is 0. The van der Waals surface area contributed by atoms with Gasteiger partial charge in [-0.05, 0) is 48.0 Å². The van der Waals surface area contributed by atoms with Crippen LogP contribution in [-0.2, 0) is 4.79 Å². The number of para-hydroxylation sites is 1. The Kier molecular flexibility index (Phi) is 5.57. The summed E-state index contributed by atoms with van der Waals surface area (Å²) in [6.45, 7) is 0.449. The molecule has 150 valence electrons. The number of phenols is 1. The number of rotatable bonds is 3. The molecule has 0 saturated carbocycles. The molecule has 2 N–H and O–H groups in total. The van der Waals surface area contributed by atoms with E-state index in [1.165, 1.54) is 0 Å². The van der Waals surface area contributed by atoms with Crippen molar-refractivity contribution in [2.45, 2.75) is 5.92 Å². The lowest BCUT2D eigenvalue weighted by molar-refractivity contribution is -0.118. The van der Waals surface area contributed by atoms with Crippen LogP contribution in [0.5, 0.6) is 5.75 Å². The Hall–Kier alpha value is -3.93. The van der Waals surface area contributed by atoms with Crippen LogP contribution in [0.3, 0.4) is 0 Å². The van der Waals surface area contributed by atoms with Crippen LogP contribution in [0, 0.1) is 0 Å². The van der Waals surface area contributed by atoms with E-state index >= 15 is 0 Å². The lowest BCUT2D eigenvalue weighted by Gasteiger charge is -2.33. The Morgan fingerprint density at radius 3 is 2.47 bits per heavy atom. The van der Waals surface area contributed by atoms with E-state index in [1.54, 1.807) is 41.4 Å². The summed E-state index contributed by atoms with van der Waals surface area (Å²) < 4.78 is 0. The second-order valence-electron chi connectivity index (χ2n) is 7.11. The first kappa shape index (κ1) is 19.4. The van der Waals surface area contributed by atoms with Crippen molar-refractivity contribution in [3.63, 3.8) is 0 Å². The Balaban J connectivity index is 1.65. The third-order valence-electron chi connectivity index (χ3n) is 5.01. The second kappa shape index (κ2) is 8.61. The first-order valence-corrected chi connectivity index (χ1v) is 9.66. The lowest BCUT2D eigenvalue weighted by Crippen LogP contribution is -2.46. The van der Waals surface area contributed by atoms with E-state index in [4.69, 9.17) is 0 Å². The highest BCUT2D eigenvalue weighted by Crippen LogP contribution is 2.29. The van der Waals surface area contributed by atoms with Gasteiger partial charge in [0.05, 0.1) is 18.2 Å². The summed E-state index contributed by atoms with van der Waals surface area (Å²) in [5.74, 6) is -0.434. The normalized spacial score (nSPS) is 17.7. The zero-order chi connectivity index (χ0) is 20.9. The van der Waals surface area contributed by atoms with Gasteiger partial charge in [0.2, 0.25) is 0 Å². The molecule has 4 rings (SSSR count). The molecule has 2 aromatic carbocycles. The number of carbonyl (C=O) groups is 2. The Bertz CT molecular complexity index is 1060. The quantitative estimate of drug-likeness (QED) is 0.651. The fourth-order valence-corrected chi connectivity index (χ4v) is 3.47. The minimum Gasteiger partial charge on any atom is -0.508 e. The SMILES string of the molecule is O=C1C(=Cc2ccccn2)CN(C(=O)Nc2ccccc2)CC1c1ccc(O)cc1. The highest BCUT2D eigenvalue weighted by molar-refractivity contribution is 6.06. The maximum Gasteiger partial charge on any atom is 0.322 e. The average molecular weight is 399 g/mol. The van der Waals surface area contributed by atoms with Crippen molar-refractivity contribution < 1.29 is 14.7 Å². The van der Waals surface area contributed by atoms with Gasteiger partial charge in [0.1, 0.15) is 5.75 Å². The fourth-order valence-electron chi connectivity index (χ4n) is 3.47. The van der Waals surface area contributed by atoms with Gasteiger partial charge in [-0.3, -0.25) is 9.78 Å². The molecule has 0 radical (unpaired) electrons. The number of urea groups is 1. The first-order valence-electron chi connectivity index (χ1n) is 9.66. The predicted molar refractivity (Wildman–Crippen MR) is 115 cm³/mol. The van der Waals surface area contributed by atoms with Crippen molar-refractivity contribution in [2.24, 2.45) is 0 Å². The first-order chi connectivity index (χ1) is 14.6. The number of anilines is 1. The Morgan fingerprint density at radius 1 is 1.03 bits per heavy atom. The minimum atomic E-state index is -0.518. The van der Waals surface area contributed by atoms with Gasteiger partial charge in [-0.1, -0.05) is 36.4 Å². The third kappa shape index (κ3) is 4.38. The van der Waals surface area contributed by atoms with Crippen LogP contribution in [0.4, 0.5) is 10.5 Å². The minimum absolute atomic E-state index is 0.0462. The summed E-state index contributed by atoms with van der Waals surface area (Å²) in [6.07, 6.45) is 3.40. The van der Waals surface area contributed by atoms with Gasteiger partial charge in [0, 0.05) is 24.0 Å². The van der Waals surface area contributed by atoms with Crippen molar-refractivity contribution in [1.29, 1.82) is 0 Å². The molecule has 1 saturated heterocycles. The molecule has 2 heterocycles. The molecule has 1 fully saturated rings. The molecule has 6 heteroatoms. The molecule has 0 bridgehead atoms. The van der Waals surface area contributed by atoms with Crippen molar-refractivity contribution in [3.05, 3.63) is 95.8 Å². The van der Waals surface area contributed by atoms with Crippen molar-refractivity contribution >= 4 is 23.6 Å². The third-order valence-corrected chi connectivity index (χ3v) is 5.01. The molecule has 30 heavy (non-hydrogen) atoms. The lowest BCUT2D eigenvalue weighted by atomic mass is 9.86. The van der Waals surface area contributed by atoms with Gasteiger partial charge in [-0.25, -0.2) is 4.79 Å². The molecule has 1 aromatic heterocycles. The van der Waals surface area contributed by atoms with Crippen molar-refractivity contribution in [1.82, 2.24) is 9.88 Å². The van der Waals surface area contributed by atoms with Crippen LogP contribution >= 0.6 is 0 Å². The maximum absolute atomic E-state index is 13.2. The highest BCUT2D eigenvalue weighted by atomic mass is 16.3. The number of likely N-dealkylation sites (tertiary alicyclic amines) is 1. The number of hydrogen-bond donors (Lipinski definition) is 2. The van der Waals surface area contributed by atoms with Crippen molar-refractivity contribution in [2.75, 3.05) is 18.4 Å². The van der Waals surface area contributed by atoms with E-state index in [9.17, 15) is 14.7 Å². The molecule has 6 nitrogen and oxygen atoms in total. The zero-order valence-corrected chi connectivity index (χ0v) is 16.2. The molecule has 1 atom stereocenters. The molecule has 3 aromatic rings. The number of hydrogen-bond acceptors (Lipinski definition) is 4. The number of amides is 2. The van der Waals surface area contributed by atoms with E-state index in [1.807, 2.05) is 48.5 Å². The number of nitrogens with zero attached hydrogens (tertiary/aromatic N) is 2. The van der Waals surface area contributed by atoms with Gasteiger partial charge in [-0.15, -0.1) is 0 Å². The number of phenolic OH excluding ortho intramolecular Hbond substituents is 1. The van der Waals surface area contributed by atoms with E-state index in [2.05, 4.69) is 10.3 Å². The van der Waals surface area contributed by atoms with E-state index < -0.39 is 5.92 Å². The van der Waals surface area contributed by atoms with E-state index in [-0.39, 0.29) is 30.7 Å². The van der Waals surface area contributed by atoms with Crippen molar-refractivity contribution in [3.8, 4) is 5.75 Å². The van der Waals surface area contributed by atoms with Crippen LogP contribution in [-0.4, -0.2) is 39.9 Å². The summed E-state index contributed by atoms with van der Waals surface area (Å²) in [5, 5.41) is 12.5. The molecule has 1 aliphatic heterocycles. The predicted octanol–water partition coefficient (Wildman–Crippen LogP) is 4.07. The number of benzene rings is 2. The number of carbonyl (C=O) groups excluding carboxylic acids is 2. The maximum atomic E-state index is 13.2. The van der Waals surface area contributed by atoms with Gasteiger partial charge >= 0.3 is 6.03 Å². The van der Waals surface area contributed by atoms with Crippen LogP contribution in [0.1, 0.15) is 17.2 Å². The average Bonchev–Trinajstić information content (AvgIpc) is 2.77. The monoisotopic (exact) mass is 399 g/mol. The molecular formula is C24H21N3O3. The molecule has 1 aliphatic rings. The number of piperidine rings is 1. The van der Waals surface area contributed by atoms with Gasteiger partial charge in [0.25, 0.3) is 0 Å². The fraction of sp³-hybridized carbons (Fsp3) is 0.125. The molecule has 0 aliphatic carbocycles. The Labute approximate surface area is 174 Å². The number of aromatic hydroxyl groups is 1. The summed E-state index contributed by atoms with van der Waals surface area (Å²) in [6, 6.07) is 20.9. The number of pyridine rings is 1. The van der Waals surface area contributed by atoms with Gasteiger partial charge < -0.3 is 15.3 Å². The molecule has 0 spiro atoms. The summed E-state index contributed by atoms with van der Waals surface area (Å²) in [4.78, 5) is 32.0. The summed E-state index contributed by atoms with van der Waals surface area (Å²) >= 11 is 0.